The van der Waals surface area contributed by atoms with Gasteiger partial charge in [0.05, 0.1) is 43.1 Å². The highest BCUT2D eigenvalue weighted by Gasteiger charge is 2.25. The summed E-state index contributed by atoms with van der Waals surface area (Å²) in [5.41, 5.74) is 0.760. The van der Waals surface area contributed by atoms with Crippen LogP contribution < -0.4 is 10.6 Å². The summed E-state index contributed by atoms with van der Waals surface area (Å²) in [6, 6.07) is 9.46. The van der Waals surface area contributed by atoms with Crippen molar-refractivity contribution in [2.75, 3.05) is 11.1 Å². The summed E-state index contributed by atoms with van der Waals surface area (Å²) in [5.74, 6) is 0.376. The number of benzene rings is 2. The molecule has 0 unspecified atom stereocenters. The number of halogens is 4. The zero-order valence-corrected chi connectivity index (χ0v) is 23.7. The Morgan fingerprint density at radius 1 is 1.00 bits per heavy atom. The number of carbonyl (C=O) groups excluding carboxylic acids is 2. The number of aromatic nitrogens is 3. The number of rotatable bonds is 10. The van der Waals surface area contributed by atoms with Gasteiger partial charge in [0.15, 0.2) is 11.0 Å². The molecule has 0 aliphatic rings. The van der Waals surface area contributed by atoms with E-state index in [1.165, 1.54) is 23.9 Å². The van der Waals surface area contributed by atoms with Crippen molar-refractivity contribution in [1.82, 2.24) is 20.1 Å². The number of carbonyl (C=O) groups is 2. The van der Waals surface area contributed by atoms with Crippen LogP contribution >= 0.6 is 58.2 Å². The molecule has 0 bridgehead atoms. The average molecular weight is 589 g/mol. The van der Waals surface area contributed by atoms with E-state index in [1.54, 1.807) is 24.3 Å². The van der Waals surface area contributed by atoms with Gasteiger partial charge < -0.3 is 15.2 Å². The third-order valence-electron chi connectivity index (χ3n) is 5.12. The topological polar surface area (TPSA) is 88.9 Å². The van der Waals surface area contributed by atoms with Crippen molar-refractivity contribution >= 4 is 75.7 Å². The van der Waals surface area contributed by atoms with Crippen LogP contribution in [0, 0.1) is 5.92 Å². The minimum Gasteiger partial charge on any atom is -0.342 e. The minimum absolute atomic E-state index is 0.0650. The zero-order valence-electron chi connectivity index (χ0n) is 19.8. The van der Waals surface area contributed by atoms with Gasteiger partial charge in [-0.2, -0.15) is 0 Å². The van der Waals surface area contributed by atoms with Gasteiger partial charge >= 0.3 is 0 Å². The average Bonchev–Trinajstić information content (AvgIpc) is 3.23. The summed E-state index contributed by atoms with van der Waals surface area (Å²) in [4.78, 5) is 25.5. The fourth-order valence-corrected chi connectivity index (χ4v) is 5.10. The first-order valence-electron chi connectivity index (χ1n) is 11.2. The molecular weight excluding hydrogens is 564 g/mol. The van der Waals surface area contributed by atoms with Crippen molar-refractivity contribution in [3.8, 4) is 0 Å². The molecule has 7 nitrogen and oxygen atoms in total. The Labute approximate surface area is 234 Å². The molecule has 36 heavy (non-hydrogen) atoms. The molecule has 0 saturated carbocycles. The lowest BCUT2D eigenvalue weighted by Crippen LogP contribution is -2.31. The van der Waals surface area contributed by atoms with E-state index in [0.29, 0.717) is 45.2 Å². The van der Waals surface area contributed by atoms with Gasteiger partial charge in [-0.1, -0.05) is 84.1 Å². The van der Waals surface area contributed by atoms with Crippen LogP contribution in [0.1, 0.15) is 49.4 Å². The van der Waals surface area contributed by atoms with Crippen LogP contribution in [0.25, 0.3) is 0 Å². The van der Waals surface area contributed by atoms with Crippen molar-refractivity contribution in [2.24, 2.45) is 5.92 Å². The number of hydrogen-bond acceptors (Lipinski definition) is 5. The Bertz CT molecular complexity index is 1250. The van der Waals surface area contributed by atoms with E-state index in [0.717, 1.165) is 0 Å². The highest BCUT2D eigenvalue weighted by molar-refractivity contribution is 7.99. The van der Waals surface area contributed by atoms with Gasteiger partial charge in [0.1, 0.15) is 0 Å². The highest BCUT2D eigenvalue weighted by Crippen LogP contribution is 2.32. The number of thioether (sulfide) groups is 1. The molecule has 0 saturated heterocycles. The molecular formula is C24H25Cl4N5O2S. The molecule has 1 atom stereocenters. The molecule has 3 aromatic rings. The summed E-state index contributed by atoms with van der Waals surface area (Å²) in [5, 5.41) is 16.2. The van der Waals surface area contributed by atoms with Gasteiger partial charge in [0, 0.05) is 6.54 Å². The molecule has 3 rings (SSSR count). The lowest BCUT2D eigenvalue weighted by Gasteiger charge is -2.21. The van der Waals surface area contributed by atoms with Crippen LogP contribution in [0.3, 0.4) is 0 Å². The quantitative estimate of drug-likeness (QED) is 0.194. The Hall–Kier alpha value is -1.97. The van der Waals surface area contributed by atoms with Crippen LogP contribution in [0.5, 0.6) is 0 Å². The molecule has 2 N–H and O–H groups in total. The summed E-state index contributed by atoms with van der Waals surface area (Å²) in [7, 11) is 0. The molecule has 0 fully saturated rings. The Morgan fingerprint density at radius 3 is 2.36 bits per heavy atom. The molecule has 12 heteroatoms. The largest absolute Gasteiger partial charge is 0.342 e. The van der Waals surface area contributed by atoms with Gasteiger partial charge in [-0.25, -0.2) is 0 Å². The fourth-order valence-electron chi connectivity index (χ4n) is 3.48. The van der Waals surface area contributed by atoms with Gasteiger partial charge in [-0.3, -0.25) is 9.59 Å². The van der Waals surface area contributed by atoms with Crippen molar-refractivity contribution in [2.45, 2.75) is 44.9 Å². The first-order valence-corrected chi connectivity index (χ1v) is 13.7. The lowest BCUT2D eigenvalue weighted by molar-refractivity contribution is -0.113. The summed E-state index contributed by atoms with van der Waals surface area (Å²) in [6.07, 6.45) is 0.648. The predicted octanol–water partition coefficient (Wildman–Crippen LogP) is 7.16. The van der Waals surface area contributed by atoms with Crippen molar-refractivity contribution in [3.63, 3.8) is 0 Å². The lowest BCUT2D eigenvalue weighted by atomic mass is 10.0. The first-order chi connectivity index (χ1) is 17.1. The maximum Gasteiger partial charge on any atom is 0.253 e. The molecule has 192 valence electrons. The summed E-state index contributed by atoms with van der Waals surface area (Å²) >= 11 is 25.6. The van der Waals surface area contributed by atoms with Crippen LogP contribution in [-0.4, -0.2) is 32.3 Å². The standard InChI is InChI=1S/C24H25Cl4N5O2S/c1-4-33-22(20(9-13(2)3)30-23(35)14-7-5-6-8-15(14)25)31-32-24(33)36-12-21(34)29-19-11-17(27)16(26)10-18(19)28/h5-8,10-11,13,20H,4,9,12H2,1-3H3,(H,29,34)(H,30,35)/t20-/m1/s1. The zero-order chi connectivity index (χ0) is 26.4. The van der Waals surface area contributed by atoms with Crippen molar-refractivity contribution < 1.29 is 9.59 Å². The normalized spacial score (nSPS) is 12.0. The predicted molar refractivity (Wildman–Crippen MR) is 148 cm³/mol. The number of anilines is 1. The van der Waals surface area contributed by atoms with E-state index < -0.39 is 0 Å². The molecule has 2 amide bonds. The number of nitrogens with zero attached hydrogens (tertiary/aromatic N) is 3. The number of hydrogen-bond donors (Lipinski definition) is 2. The van der Waals surface area contributed by atoms with Crippen LogP contribution in [0.4, 0.5) is 5.69 Å². The maximum absolute atomic E-state index is 13.0. The fraction of sp³-hybridized carbons (Fsp3) is 0.333. The van der Waals surface area contributed by atoms with E-state index in [2.05, 4.69) is 34.7 Å². The van der Waals surface area contributed by atoms with Gasteiger partial charge in [0.25, 0.3) is 5.91 Å². The number of amides is 2. The Kier molecular flexibility index (Phi) is 10.3. The highest BCUT2D eigenvalue weighted by atomic mass is 35.5. The number of nitrogens with one attached hydrogen (secondary N) is 2. The second-order valence-electron chi connectivity index (χ2n) is 8.30. The molecule has 0 spiro atoms. The molecule has 1 aromatic heterocycles. The molecule has 1 heterocycles. The Morgan fingerprint density at radius 2 is 1.69 bits per heavy atom. The Balaban J connectivity index is 1.75. The third-order valence-corrected chi connectivity index (χ3v) is 7.45. The van der Waals surface area contributed by atoms with Gasteiger partial charge in [-0.05, 0) is 43.5 Å². The summed E-state index contributed by atoms with van der Waals surface area (Å²) < 4.78 is 1.89. The SMILES string of the molecule is CCn1c(SCC(=O)Nc2cc(Cl)c(Cl)cc2Cl)nnc1[C@@H](CC(C)C)NC(=O)c1ccccc1Cl. The maximum atomic E-state index is 13.0. The smallest absolute Gasteiger partial charge is 0.253 e. The second kappa shape index (κ2) is 13.0. The van der Waals surface area contributed by atoms with Crippen LogP contribution in [-0.2, 0) is 11.3 Å². The van der Waals surface area contributed by atoms with Crippen molar-refractivity contribution in [3.05, 3.63) is 67.9 Å². The van der Waals surface area contributed by atoms with E-state index in [-0.39, 0.29) is 39.6 Å². The molecule has 0 radical (unpaired) electrons. The molecule has 0 aliphatic heterocycles. The van der Waals surface area contributed by atoms with Gasteiger partial charge in [0.2, 0.25) is 5.91 Å². The van der Waals surface area contributed by atoms with Gasteiger partial charge in [-0.15, -0.1) is 10.2 Å². The molecule has 0 aliphatic carbocycles. The van der Waals surface area contributed by atoms with E-state index in [9.17, 15) is 9.59 Å². The first kappa shape index (κ1) is 28.6. The van der Waals surface area contributed by atoms with Crippen LogP contribution in [0.15, 0.2) is 41.6 Å². The van der Waals surface area contributed by atoms with E-state index in [4.69, 9.17) is 46.4 Å². The minimum atomic E-state index is -0.389. The third kappa shape index (κ3) is 7.29. The van der Waals surface area contributed by atoms with Crippen molar-refractivity contribution in [1.29, 1.82) is 0 Å². The van der Waals surface area contributed by atoms with Crippen LogP contribution in [0.2, 0.25) is 20.1 Å². The summed E-state index contributed by atoms with van der Waals surface area (Å²) in [6.45, 7) is 6.64. The van der Waals surface area contributed by atoms with E-state index in [1.807, 2.05) is 11.5 Å². The van der Waals surface area contributed by atoms with E-state index >= 15 is 0 Å². The second-order valence-corrected chi connectivity index (χ2v) is 10.9. The molecule has 2 aromatic carbocycles. The monoisotopic (exact) mass is 587 g/mol.